The van der Waals surface area contributed by atoms with E-state index < -0.39 is 0 Å². The average molecular weight is 475 g/mol. The van der Waals surface area contributed by atoms with Gasteiger partial charge in [-0.05, 0) is 32.2 Å². The fraction of sp³-hybridized carbons (Fsp3) is 0.300. The average Bonchev–Trinajstić information content (AvgIpc) is 3.29. The summed E-state index contributed by atoms with van der Waals surface area (Å²) >= 11 is 13.9. The van der Waals surface area contributed by atoms with Gasteiger partial charge in [0, 0.05) is 48.2 Å². The second kappa shape index (κ2) is 8.23. The molecule has 8 nitrogen and oxygen atoms in total. The van der Waals surface area contributed by atoms with Gasteiger partial charge in [0.05, 0.1) is 10.7 Å². The largest absolute Gasteiger partial charge is 0.354 e. The Morgan fingerprint density at radius 2 is 1.84 bits per heavy atom. The minimum Gasteiger partial charge on any atom is -0.354 e. The van der Waals surface area contributed by atoms with E-state index in [1.807, 2.05) is 30.5 Å². The van der Waals surface area contributed by atoms with Crippen molar-refractivity contribution in [1.29, 1.82) is 0 Å². The van der Waals surface area contributed by atoms with Crippen molar-refractivity contribution in [3.8, 4) is 11.3 Å². The lowest BCUT2D eigenvalue weighted by molar-refractivity contribution is 0.312. The van der Waals surface area contributed by atoms with Gasteiger partial charge in [0.15, 0.2) is 0 Å². The molecule has 0 aliphatic carbocycles. The molecule has 1 fully saturated rings. The number of piperazine rings is 1. The number of aromatic nitrogens is 5. The second-order valence-electron chi connectivity index (χ2n) is 7.45. The van der Waals surface area contributed by atoms with Crippen LogP contribution in [-0.4, -0.2) is 62.7 Å². The molecule has 1 aliphatic rings. The maximum Gasteiger partial charge on any atom is 0.249 e. The van der Waals surface area contributed by atoms with Crippen LogP contribution < -0.4 is 10.2 Å². The normalized spacial score (nSPS) is 15.0. The predicted octanol–water partition coefficient (Wildman–Crippen LogP) is 4.36. The second-order valence-corrected chi connectivity index (χ2v) is 9.13. The Bertz CT molecular complexity index is 1250. The van der Waals surface area contributed by atoms with Crippen LogP contribution in [0.3, 0.4) is 0 Å². The number of hydrogen-bond acceptors (Lipinski definition) is 8. The summed E-state index contributed by atoms with van der Waals surface area (Å²) in [6, 6.07) is 7.37. The molecule has 1 aromatic carbocycles. The first-order valence-corrected chi connectivity index (χ1v) is 11.5. The van der Waals surface area contributed by atoms with E-state index in [2.05, 4.69) is 42.2 Å². The third-order valence-electron chi connectivity index (χ3n) is 5.18. The number of rotatable bonds is 4. The van der Waals surface area contributed by atoms with Crippen LogP contribution in [0.1, 0.15) is 5.82 Å². The maximum absolute atomic E-state index is 6.39. The monoisotopic (exact) mass is 474 g/mol. The third kappa shape index (κ3) is 4.18. The first-order valence-electron chi connectivity index (χ1n) is 9.82. The summed E-state index contributed by atoms with van der Waals surface area (Å²) in [6.45, 7) is 5.80. The summed E-state index contributed by atoms with van der Waals surface area (Å²) in [5.74, 6) is 2.76. The standard InChI is InChI=1S/C20H20Cl2N8S/c1-12-23-17(10-18(24-12)29-7-5-28(2)6-8-29)25-19-26-20-30(27-19)16(11-31-20)14-4-3-13(21)9-15(14)22/h3-4,9-11H,5-8H2,1-2H3,(H,23,24,25,27). The minimum absolute atomic E-state index is 0.473. The van der Waals surface area contributed by atoms with Crippen LogP contribution in [0.15, 0.2) is 29.6 Å². The van der Waals surface area contributed by atoms with Crippen LogP contribution >= 0.6 is 34.5 Å². The van der Waals surface area contributed by atoms with Gasteiger partial charge < -0.3 is 15.1 Å². The quantitative estimate of drug-likeness (QED) is 0.470. The number of nitrogens with zero attached hydrogens (tertiary/aromatic N) is 7. The summed E-state index contributed by atoms with van der Waals surface area (Å²) in [4.78, 5) is 19.1. The number of hydrogen-bond donors (Lipinski definition) is 1. The number of aryl methyl sites for hydroxylation is 1. The van der Waals surface area contributed by atoms with Crippen LogP contribution in [0.25, 0.3) is 16.2 Å². The molecule has 0 saturated carbocycles. The Labute approximate surface area is 193 Å². The smallest absolute Gasteiger partial charge is 0.249 e. The molecule has 0 unspecified atom stereocenters. The highest BCUT2D eigenvalue weighted by molar-refractivity contribution is 7.15. The highest BCUT2D eigenvalue weighted by atomic mass is 35.5. The zero-order chi connectivity index (χ0) is 21.5. The van der Waals surface area contributed by atoms with Gasteiger partial charge in [0.25, 0.3) is 0 Å². The lowest BCUT2D eigenvalue weighted by atomic mass is 10.2. The van der Waals surface area contributed by atoms with Gasteiger partial charge in [0.2, 0.25) is 10.9 Å². The number of fused-ring (bicyclic) bond motifs is 1. The summed E-state index contributed by atoms with van der Waals surface area (Å²) in [6.07, 6.45) is 0. The molecule has 0 atom stereocenters. The van der Waals surface area contributed by atoms with Gasteiger partial charge in [-0.1, -0.05) is 23.2 Å². The third-order valence-corrected chi connectivity index (χ3v) is 6.54. The van der Waals surface area contributed by atoms with Crippen LogP contribution in [0.5, 0.6) is 0 Å². The van der Waals surface area contributed by atoms with Crippen molar-refractivity contribution in [3.05, 3.63) is 45.5 Å². The Balaban J connectivity index is 1.43. The number of thiazole rings is 1. The summed E-state index contributed by atoms with van der Waals surface area (Å²) in [5.41, 5.74) is 1.71. The van der Waals surface area contributed by atoms with E-state index >= 15 is 0 Å². The van der Waals surface area contributed by atoms with Crippen molar-refractivity contribution in [3.63, 3.8) is 0 Å². The Morgan fingerprint density at radius 3 is 2.61 bits per heavy atom. The molecule has 5 rings (SSSR count). The first kappa shape index (κ1) is 20.4. The highest BCUT2D eigenvalue weighted by Gasteiger charge is 2.18. The van der Waals surface area contributed by atoms with Gasteiger partial charge >= 0.3 is 0 Å². The number of halogens is 2. The molecular weight excluding hydrogens is 455 g/mol. The molecule has 3 aromatic heterocycles. The Morgan fingerprint density at radius 1 is 1.03 bits per heavy atom. The molecule has 1 saturated heterocycles. The number of anilines is 3. The first-order chi connectivity index (χ1) is 15.0. The molecule has 11 heteroatoms. The summed E-state index contributed by atoms with van der Waals surface area (Å²) in [5, 5.41) is 11.0. The number of benzene rings is 1. The van der Waals surface area contributed by atoms with Crippen molar-refractivity contribution in [1.82, 2.24) is 29.5 Å². The zero-order valence-corrected chi connectivity index (χ0v) is 19.3. The van der Waals surface area contributed by atoms with Crippen molar-refractivity contribution < 1.29 is 0 Å². The fourth-order valence-corrected chi connectivity index (χ4v) is 4.87. The van der Waals surface area contributed by atoms with Gasteiger partial charge in [-0.25, -0.2) is 14.5 Å². The van der Waals surface area contributed by atoms with E-state index in [-0.39, 0.29) is 0 Å². The van der Waals surface area contributed by atoms with Crippen molar-refractivity contribution in [2.45, 2.75) is 6.92 Å². The SMILES string of the molecule is Cc1nc(Nc2nc3scc(-c4ccc(Cl)cc4Cl)n3n2)cc(N2CCN(C)CC2)n1. The van der Waals surface area contributed by atoms with Gasteiger partial charge in [-0.2, -0.15) is 4.98 Å². The summed E-state index contributed by atoms with van der Waals surface area (Å²) in [7, 11) is 2.14. The molecule has 0 bridgehead atoms. The van der Waals surface area contributed by atoms with E-state index in [9.17, 15) is 0 Å². The van der Waals surface area contributed by atoms with Crippen LogP contribution in [0, 0.1) is 6.92 Å². The minimum atomic E-state index is 0.473. The topological polar surface area (TPSA) is 74.5 Å². The fourth-order valence-electron chi connectivity index (χ4n) is 3.55. The maximum atomic E-state index is 6.39. The summed E-state index contributed by atoms with van der Waals surface area (Å²) < 4.78 is 1.78. The highest BCUT2D eigenvalue weighted by Crippen LogP contribution is 2.33. The Kier molecular flexibility index (Phi) is 5.43. The molecule has 4 aromatic rings. The van der Waals surface area contributed by atoms with Gasteiger partial charge in [0.1, 0.15) is 17.5 Å². The molecule has 0 radical (unpaired) electrons. The van der Waals surface area contributed by atoms with Crippen molar-refractivity contribution >= 4 is 57.1 Å². The number of likely N-dealkylation sites (N-methyl/N-ethyl adjacent to an activating group) is 1. The van der Waals surface area contributed by atoms with Crippen molar-refractivity contribution in [2.75, 3.05) is 43.4 Å². The van der Waals surface area contributed by atoms with E-state index in [1.54, 1.807) is 10.6 Å². The predicted molar refractivity (Wildman–Crippen MR) is 126 cm³/mol. The van der Waals surface area contributed by atoms with Crippen LogP contribution in [0.2, 0.25) is 10.0 Å². The van der Waals surface area contributed by atoms with E-state index in [0.29, 0.717) is 27.6 Å². The molecule has 0 spiro atoms. The lowest BCUT2D eigenvalue weighted by Crippen LogP contribution is -2.44. The molecule has 4 heterocycles. The van der Waals surface area contributed by atoms with Crippen LogP contribution in [0.4, 0.5) is 17.6 Å². The number of nitrogens with one attached hydrogen (secondary N) is 1. The Hall–Kier alpha value is -2.46. The molecule has 160 valence electrons. The van der Waals surface area contributed by atoms with Gasteiger partial charge in [-0.3, -0.25) is 0 Å². The van der Waals surface area contributed by atoms with E-state index in [4.69, 9.17) is 23.2 Å². The molecular formula is C20H20Cl2N8S. The zero-order valence-electron chi connectivity index (χ0n) is 17.0. The lowest BCUT2D eigenvalue weighted by Gasteiger charge is -2.33. The molecule has 31 heavy (non-hydrogen) atoms. The van der Waals surface area contributed by atoms with Crippen molar-refractivity contribution in [2.24, 2.45) is 0 Å². The van der Waals surface area contributed by atoms with Gasteiger partial charge in [-0.15, -0.1) is 16.4 Å². The molecule has 0 amide bonds. The van der Waals surface area contributed by atoms with E-state index in [0.717, 1.165) is 48.2 Å². The van der Waals surface area contributed by atoms with Crippen LogP contribution in [-0.2, 0) is 0 Å². The molecule has 1 N–H and O–H groups in total. The molecule has 1 aliphatic heterocycles. The van der Waals surface area contributed by atoms with E-state index in [1.165, 1.54) is 11.3 Å².